The Labute approximate surface area is 112 Å². The number of carbonyl (C=O) groups excluding carboxylic acids is 1. The molecule has 1 aromatic carbocycles. The molecule has 0 heterocycles. The van der Waals surface area contributed by atoms with Gasteiger partial charge in [-0.1, -0.05) is 6.07 Å². The van der Waals surface area contributed by atoms with Gasteiger partial charge in [0.2, 0.25) is 5.91 Å². The third kappa shape index (κ3) is 4.87. The van der Waals surface area contributed by atoms with Crippen LogP contribution in [-0.4, -0.2) is 36.6 Å². The van der Waals surface area contributed by atoms with E-state index in [9.17, 15) is 14.3 Å². The van der Waals surface area contributed by atoms with E-state index in [0.29, 0.717) is 18.4 Å². The number of amides is 1. The topological polar surface area (TPSA) is 49.8 Å². The largest absolute Gasteiger partial charge is 0.491 e. The zero-order valence-electron chi connectivity index (χ0n) is 11.5. The van der Waals surface area contributed by atoms with Crippen LogP contribution < -0.4 is 4.74 Å². The summed E-state index contributed by atoms with van der Waals surface area (Å²) in [5.41, 5.74) is 0.507. The van der Waals surface area contributed by atoms with E-state index in [2.05, 4.69) is 0 Å². The monoisotopic (exact) mass is 269 g/mol. The van der Waals surface area contributed by atoms with Crippen LogP contribution >= 0.6 is 0 Å². The Morgan fingerprint density at radius 3 is 2.68 bits per heavy atom. The van der Waals surface area contributed by atoms with Gasteiger partial charge in [0, 0.05) is 20.5 Å². The number of hydrogen-bond acceptors (Lipinski definition) is 3. The molecule has 0 aliphatic heterocycles. The third-order valence-electron chi connectivity index (χ3n) is 2.73. The van der Waals surface area contributed by atoms with E-state index in [1.54, 1.807) is 27.1 Å². The van der Waals surface area contributed by atoms with Gasteiger partial charge < -0.3 is 14.7 Å². The number of aliphatic hydroxyl groups is 1. The molecule has 0 saturated carbocycles. The van der Waals surface area contributed by atoms with Gasteiger partial charge >= 0.3 is 0 Å². The molecule has 0 fully saturated rings. The minimum absolute atomic E-state index is 0.0218. The highest BCUT2D eigenvalue weighted by atomic mass is 19.1. The molecule has 0 aliphatic rings. The molecule has 1 aromatic rings. The Morgan fingerprint density at radius 2 is 2.16 bits per heavy atom. The molecule has 1 atom stereocenters. The predicted molar refractivity (Wildman–Crippen MR) is 70.5 cm³/mol. The normalized spacial score (nSPS) is 12.1. The summed E-state index contributed by atoms with van der Waals surface area (Å²) in [5.74, 6) is -0.340. The molecule has 5 heteroatoms. The molecule has 4 nitrogen and oxygen atoms in total. The lowest BCUT2D eigenvalue weighted by Gasteiger charge is -2.11. The van der Waals surface area contributed by atoms with Crippen molar-refractivity contribution in [2.24, 2.45) is 0 Å². The number of rotatable bonds is 6. The Bertz CT molecular complexity index is 433. The molecule has 0 radical (unpaired) electrons. The van der Waals surface area contributed by atoms with Crippen molar-refractivity contribution in [3.63, 3.8) is 0 Å². The van der Waals surface area contributed by atoms with Crippen LogP contribution in [0.2, 0.25) is 0 Å². The Morgan fingerprint density at radius 1 is 1.47 bits per heavy atom. The van der Waals surface area contributed by atoms with Crippen LogP contribution in [0.4, 0.5) is 4.39 Å². The summed E-state index contributed by atoms with van der Waals surface area (Å²) in [4.78, 5) is 12.8. The molecule has 1 amide bonds. The number of halogens is 1. The second-order valence-electron chi connectivity index (χ2n) is 4.61. The van der Waals surface area contributed by atoms with Gasteiger partial charge in [0.15, 0.2) is 11.6 Å². The highest BCUT2D eigenvalue weighted by Gasteiger charge is 2.08. The van der Waals surface area contributed by atoms with Gasteiger partial charge in [0.25, 0.3) is 0 Å². The van der Waals surface area contributed by atoms with Gasteiger partial charge in [0.1, 0.15) is 0 Å². The Hall–Kier alpha value is -1.62. The number of nitrogens with zero attached hydrogens (tertiary/aromatic N) is 1. The van der Waals surface area contributed by atoms with Crippen LogP contribution in [0.1, 0.15) is 31.4 Å². The molecule has 0 unspecified atom stereocenters. The van der Waals surface area contributed by atoms with Crippen molar-refractivity contribution in [1.82, 2.24) is 4.90 Å². The van der Waals surface area contributed by atoms with E-state index in [1.165, 1.54) is 17.0 Å². The summed E-state index contributed by atoms with van der Waals surface area (Å²) in [6, 6.07) is 4.37. The van der Waals surface area contributed by atoms with Crippen LogP contribution in [0, 0.1) is 5.82 Å². The summed E-state index contributed by atoms with van der Waals surface area (Å²) in [6.45, 7) is 1.85. The summed E-state index contributed by atoms with van der Waals surface area (Å²) < 4.78 is 18.9. The molecular formula is C14H20FNO3. The lowest BCUT2D eigenvalue weighted by atomic mass is 10.1. The molecule has 0 bridgehead atoms. The number of benzene rings is 1. The fourth-order valence-corrected chi connectivity index (χ4v) is 1.52. The van der Waals surface area contributed by atoms with Crippen LogP contribution in [0.15, 0.2) is 18.2 Å². The fourth-order valence-electron chi connectivity index (χ4n) is 1.52. The SMILES string of the molecule is C[C@H](O)c1ccc(OCCCC(=O)N(C)C)c(F)c1. The number of hydrogen-bond donors (Lipinski definition) is 1. The average molecular weight is 269 g/mol. The van der Waals surface area contributed by atoms with Crippen molar-refractivity contribution < 1.29 is 19.0 Å². The van der Waals surface area contributed by atoms with Crippen molar-refractivity contribution in [2.75, 3.05) is 20.7 Å². The first-order valence-corrected chi connectivity index (χ1v) is 6.22. The van der Waals surface area contributed by atoms with Crippen LogP contribution in [0.5, 0.6) is 5.75 Å². The predicted octanol–water partition coefficient (Wildman–Crippen LogP) is 2.13. The lowest BCUT2D eigenvalue weighted by molar-refractivity contribution is -0.128. The van der Waals surface area contributed by atoms with Crippen molar-refractivity contribution in [1.29, 1.82) is 0 Å². The van der Waals surface area contributed by atoms with Gasteiger partial charge in [-0.15, -0.1) is 0 Å². The number of ether oxygens (including phenoxy) is 1. The Kier molecular flexibility index (Phi) is 5.76. The molecule has 0 saturated heterocycles. The molecule has 0 aliphatic carbocycles. The maximum atomic E-state index is 13.6. The van der Waals surface area contributed by atoms with Gasteiger partial charge in [-0.05, 0) is 31.0 Å². The first-order valence-electron chi connectivity index (χ1n) is 6.22. The molecular weight excluding hydrogens is 249 g/mol. The van der Waals surface area contributed by atoms with Crippen LogP contribution in [-0.2, 0) is 4.79 Å². The van der Waals surface area contributed by atoms with Crippen molar-refractivity contribution >= 4 is 5.91 Å². The second-order valence-corrected chi connectivity index (χ2v) is 4.61. The van der Waals surface area contributed by atoms with E-state index in [1.807, 2.05) is 0 Å². The van der Waals surface area contributed by atoms with E-state index < -0.39 is 11.9 Å². The number of aliphatic hydroxyl groups excluding tert-OH is 1. The molecule has 0 aromatic heterocycles. The van der Waals surface area contributed by atoms with E-state index >= 15 is 0 Å². The molecule has 0 spiro atoms. The molecule has 106 valence electrons. The molecule has 19 heavy (non-hydrogen) atoms. The van der Waals surface area contributed by atoms with Crippen molar-refractivity contribution in [3.8, 4) is 5.75 Å². The minimum atomic E-state index is -0.707. The van der Waals surface area contributed by atoms with Gasteiger partial charge in [-0.25, -0.2) is 4.39 Å². The highest BCUT2D eigenvalue weighted by molar-refractivity contribution is 5.75. The standard InChI is InChI=1S/C14H20FNO3/c1-10(17)11-6-7-13(12(15)9-11)19-8-4-5-14(18)16(2)3/h6-7,9-10,17H,4-5,8H2,1-3H3/t10-/m0/s1. The zero-order chi connectivity index (χ0) is 14.4. The Balaban J connectivity index is 2.44. The van der Waals surface area contributed by atoms with Gasteiger partial charge in [-0.3, -0.25) is 4.79 Å². The summed E-state index contributed by atoms with van der Waals surface area (Å²) in [5, 5.41) is 9.32. The first kappa shape index (κ1) is 15.4. The smallest absolute Gasteiger partial charge is 0.222 e. The van der Waals surface area contributed by atoms with Crippen LogP contribution in [0.25, 0.3) is 0 Å². The van der Waals surface area contributed by atoms with E-state index in [4.69, 9.17) is 4.74 Å². The van der Waals surface area contributed by atoms with Crippen LogP contribution in [0.3, 0.4) is 0 Å². The fraction of sp³-hybridized carbons (Fsp3) is 0.500. The first-order chi connectivity index (χ1) is 8.91. The average Bonchev–Trinajstić information content (AvgIpc) is 2.35. The zero-order valence-corrected chi connectivity index (χ0v) is 11.5. The quantitative estimate of drug-likeness (QED) is 0.805. The maximum Gasteiger partial charge on any atom is 0.222 e. The second kappa shape index (κ2) is 7.09. The highest BCUT2D eigenvalue weighted by Crippen LogP contribution is 2.22. The lowest BCUT2D eigenvalue weighted by Crippen LogP contribution is -2.21. The van der Waals surface area contributed by atoms with E-state index in [-0.39, 0.29) is 18.3 Å². The summed E-state index contributed by atoms with van der Waals surface area (Å²) in [7, 11) is 3.38. The van der Waals surface area contributed by atoms with E-state index in [0.717, 1.165) is 0 Å². The van der Waals surface area contributed by atoms with Crippen molar-refractivity contribution in [3.05, 3.63) is 29.6 Å². The maximum absolute atomic E-state index is 13.6. The summed E-state index contributed by atoms with van der Waals surface area (Å²) >= 11 is 0. The summed E-state index contributed by atoms with van der Waals surface area (Å²) in [6.07, 6.45) is 0.205. The van der Waals surface area contributed by atoms with Gasteiger partial charge in [0.05, 0.1) is 12.7 Å². The third-order valence-corrected chi connectivity index (χ3v) is 2.73. The number of carbonyl (C=O) groups is 1. The van der Waals surface area contributed by atoms with Crippen molar-refractivity contribution in [2.45, 2.75) is 25.9 Å². The minimum Gasteiger partial charge on any atom is -0.491 e. The molecule has 1 N–H and O–H groups in total. The van der Waals surface area contributed by atoms with Gasteiger partial charge in [-0.2, -0.15) is 0 Å². The molecule has 1 rings (SSSR count).